The van der Waals surface area contributed by atoms with Crippen molar-refractivity contribution in [1.29, 1.82) is 5.26 Å². The summed E-state index contributed by atoms with van der Waals surface area (Å²) in [6.07, 6.45) is -4.35. The number of aryl methyl sites for hydroxylation is 2. The Balaban J connectivity index is 2.94. The third kappa shape index (κ3) is 3.16. The Morgan fingerprint density at radius 1 is 1.25 bits per heavy atom. The first kappa shape index (κ1) is 12.4. The first-order valence-electron chi connectivity index (χ1n) is 4.54. The van der Waals surface area contributed by atoms with Crippen molar-refractivity contribution < 1.29 is 17.9 Å². The zero-order valence-corrected chi connectivity index (χ0v) is 8.85. The number of nitriles is 1. The van der Waals surface area contributed by atoms with Gasteiger partial charge in [0.05, 0.1) is 11.6 Å². The molecule has 5 heteroatoms. The second kappa shape index (κ2) is 4.44. The van der Waals surface area contributed by atoms with Gasteiger partial charge in [-0.2, -0.15) is 18.4 Å². The highest BCUT2D eigenvalue weighted by Gasteiger charge is 2.29. The quantitative estimate of drug-likeness (QED) is 0.780. The fourth-order valence-electron chi connectivity index (χ4n) is 1.40. The molecule has 2 nitrogen and oxygen atoms in total. The monoisotopic (exact) mass is 229 g/mol. The van der Waals surface area contributed by atoms with Gasteiger partial charge in [0.15, 0.2) is 6.61 Å². The van der Waals surface area contributed by atoms with Crippen molar-refractivity contribution in [3.63, 3.8) is 0 Å². The lowest BCUT2D eigenvalue weighted by Gasteiger charge is -2.13. The summed E-state index contributed by atoms with van der Waals surface area (Å²) in [5.41, 5.74) is 1.47. The molecule has 0 heterocycles. The summed E-state index contributed by atoms with van der Waals surface area (Å²) in [5.74, 6) is 0.191. The van der Waals surface area contributed by atoms with E-state index in [9.17, 15) is 13.2 Å². The Bertz CT molecular complexity index is 409. The molecule has 0 fully saturated rings. The average molecular weight is 229 g/mol. The van der Waals surface area contributed by atoms with Crippen LogP contribution >= 0.6 is 0 Å². The molecule has 0 N–H and O–H groups in total. The van der Waals surface area contributed by atoms with E-state index in [-0.39, 0.29) is 5.75 Å². The highest BCUT2D eigenvalue weighted by atomic mass is 19.4. The molecule has 0 atom stereocenters. The van der Waals surface area contributed by atoms with Gasteiger partial charge in [0.1, 0.15) is 5.75 Å². The van der Waals surface area contributed by atoms with Gasteiger partial charge in [-0.05, 0) is 37.1 Å². The number of rotatable bonds is 2. The molecule has 0 spiro atoms. The molecular formula is C11H10F3NO. The second-order valence-electron chi connectivity index (χ2n) is 3.45. The third-order valence-electron chi connectivity index (χ3n) is 1.97. The highest BCUT2D eigenvalue weighted by molar-refractivity contribution is 5.47. The molecule has 1 aromatic rings. The van der Waals surface area contributed by atoms with E-state index in [0.29, 0.717) is 16.7 Å². The van der Waals surface area contributed by atoms with Crippen LogP contribution in [-0.4, -0.2) is 12.8 Å². The largest absolute Gasteiger partial charge is 0.484 e. The van der Waals surface area contributed by atoms with Crippen LogP contribution in [0.5, 0.6) is 5.75 Å². The van der Waals surface area contributed by atoms with E-state index >= 15 is 0 Å². The summed E-state index contributed by atoms with van der Waals surface area (Å²) in [7, 11) is 0. The molecule has 0 aliphatic heterocycles. The Kier molecular flexibility index (Phi) is 3.43. The lowest BCUT2D eigenvalue weighted by atomic mass is 10.1. The number of hydrogen-bond acceptors (Lipinski definition) is 2. The predicted octanol–water partition coefficient (Wildman–Crippen LogP) is 3.12. The van der Waals surface area contributed by atoms with Gasteiger partial charge < -0.3 is 4.74 Å². The zero-order chi connectivity index (χ0) is 12.3. The molecule has 0 amide bonds. The molecule has 0 bridgehead atoms. The van der Waals surface area contributed by atoms with Gasteiger partial charge in [0.2, 0.25) is 0 Å². The fourth-order valence-corrected chi connectivity index (χ4v) is 1.40. The minimum Gasteiger partial charge on any atom is -0.484 e. The normalized spacial score (nSPS) is 11.0. The van der Waals surface area contributed by atoms with Crippen LogP contribution in [0.15, 0.2) is 12.1 Å². The van der Waals surface area contributed by atoms with Crippen molar-refractivity contribution in [3.8, 4) is 11.8 Å². The first-order valence-corrected chi connectivity index (χ1v) is 4.54. The van der Waals surface area contributed by atoms with Gasteiger partial charge in [-0.3, -0.25) is 0 Å². The Morgan fingerprint density at radius 3 is 2.12 bits per heavy atom. The number of ether oxygens (including phenoxy) is 1. The van der Waals surface area contributed by atoms with Crippen LogP contribution in [0.4, 0.5) is 13.2 Å². The van der Waals surface area contributed by atoms with Gasteiger partial charge >= 0.3 is 6.18 Å². The third-order valence-corrected chi connectivity index (χ3v) is 1.97. The minimum absolute atomic E-state index is 0.191. The molecular weight excluding hydrogens is 219 g/mol. The fraction of sp³-hybridized carbons (Fsp3) is 0.364. The highest BCUT2D eigenvalue weighted by Crippen LogP contribution is 2.26. The van der Waals surface area contributed by atoms with E-state index in [1.807, 2.05) is 6.07 Å². The van der Waals surface area contributed by atoms with E-state index < -0.39 is 12.8 Å². The molecule has 0 radical (unpaired) electrons. The minimum atomic E-state index is -4.35. The van der Waals surface area contributed by atoms with Crippen molar-refractivity contribution in [2.24, 2.45) is 0 Å². The maximum Gasteiger partial charge on any atom is 0.422 e. The van der Waals surface area contributed by atoms with E-state index in [0.717, 1.165) is 0 Å². The number of alkyl halides is 3. The number of nitrogens with zero attached hydrogens (tertiary/aromatic N) is 1. The molecule has 86 valence electrons. The summed E-state index contributed by atoms with van der Waals surface area (Å²) in [4.78, 5) is 0. The molecule has 0 aromatic heterocycles. The lowest BCUT2D eigenvalue weighted by molar-refractivity contribution is -0.153. The maximum atomic E-state index is 12.0. The molecule has 1 rings (SSSR count). The van der Waals surface area contributed by atoms with Crippen molar-refractivity contribution in [2.75, 3.05) is 6.61 Å². The maximum absolute atomic E-state index is 12.0. The summed E-state index contributed by atoms with van der Waals surface area (Å²) in [5, 5.41) is 8.67. The van der Waals surface area contributed by atoms with Crippen molar-refractivity contribution >= 4 is 0 Å². The van der Waals surface area contributed by atoms with E-state index in [4.69, 9.17) is 10.00 Å². The molecule has 0 saturated heterocycles. The smallest absolute Gasteiger partial charge is 0.422 e. The van der Waals surface area contributed by atoms with Gasteiger partial charge in [-0.25, -0.2) is 0 Å². The second-order valence-corrected chi connectivity index (χ2v) is 3.45. The van der Waals surface area contributed by atoms with E-state index in [1.165, 1.54) is 12.1 Å². The number of hydrogen-bond donors (Lipinski definition) is 0. The van der Waals surface area contributed by atoms with Crippen LogP contribution in [0.3, 0.4) is 0 Å². The van der Waals surface area contributed by atoms with Crippen LogP contribution in [0.1, 0.15) is 16.7 Å². The average Bonchev–Trinajstić information content (AvgIpc) is 2.14. The van der Waals surface area contributed by atoms with Gasteiger partial charge in [0.25, 0.3) is 0 Å². The van der Waals surface area contributed by atoms with Crippen LogP contribution < -0.4 is 4.74 Å². The van der Waals surface area contributed by atoms with Gasteiger partial charge in [-0.1, -0.05) is 0 Å². The van der Waals surface area contributed by atoms with Crippen molar-refractivity contribution in [2.45, 2.75) is 20.0 Å². The SMILES string of the molecule is Cc1cc(C#N)cc(C)c1OCC(F)(F)F. The molecule has 16 heavy (non-hydrogen) atoms. The standard InChI is InChI=1S/C11H10F3NO/c1-7-3-9(5-15)4-8(2)10(7)16-6-11(12,13)14/h3-4H,6H2,1-2H3. The van der Waals surface area contributed by atoms with E-state index in [1.54, 1.807) is 13.8 Å². The van der Waals surface area contributed by atoms with Gasteiger partial charge in [-0.15, -0.1) is 0 Å². The lowest BCUT2D eigenvalue weighted by Crippen LogP contribution is -2.20. The van der Waals surface area contributed by atoms with E-state index in [2.05, 4.69) is 0 Å². The zero-order valence-electron chi connectivity index (χ0n) is 8.85. The van der Waals surface area contributed by atoms with Crippen LogP contribution in [0, 0.1) is 25.2 Å². The van der Waals surface area contributed by atoms with Crippen LogP contribution in [0.25, 0.3) is 0 Å². The summed E-state index contributed by atoms with van der Waals surface area (Å²) >= 11 is 0. The number of halogens is 3. The molecule has 0 aliphatic carbocycles. The molecule has 0 unspecified atom stereocenters. The summed E-state index contributed by atoms with van der Waals surface area (Å²) in [6, 6.07) is 4.93. The Hall–Kier alpha value is -1.70. The Labute approximate surface area is 91.3 Å². The summed E-state index contributed by atoms with van der Waals surface area (Å²) < 4.78 is 40.6. The molecule has 1 aromatic carbocycles. The Morgan fingerprint density at radius 2 is 1.75 bits per heavy atom. The first-order chi connectivity index (χ1) is 7.33. The van der Waals surface area contributed by atoms with Crippen molar-refractivity contribution in [3.05, 3.63) is 28.8 Å². The predicted molar refractivity (Wildman–Crippen MR) is 52.2 cm³/mol. The summed E-state index contributed by atoms with van der Waals surface area (Å²) in [6.45, 7) is 1.90. The van der Waals surface area contributed by atoms with Crippen LogP contribution in [-0.2, 0) is 0 Å². The molecule has 0 saturated carbocycles. The number of benzene rings is 1. The van der Waals surface area contributed by atoms with Crippen LogP contribution in [0.2, 0.25) is 0 Å². The van der Waals surface area contributed by atoms with Crippen molar-refractivity contribution in [1.82, 2.24) is 0 Å². The van der Waals surface area contributed by atoms with Gasteiger partial charge in [0, 0.05) is 0 Å². The molecule has 0 aliphatic rings. The topological polar surface area (TPSA) is 33.0 Å².